The lowest BCUT2D eigenvalue weighted by molar-refractivity contribution is 0.110. The van der Waals surface area contributed by atoms with Crippen molar-refractivity contribution in [2.24, 2.45) is 0 Å². The Morgan fingerprint density at radius 1 is 1.35 bits per heavy atom. The van der Waals surface area contributed by atoms with Crippen LogP contribution in [0.3, 0.4) is 0 Å². The monoisotopic (exact) mass is 275 g/mol. The zero-order valence-electron chi connectivity index (χ0n) is 11.2. The van der Waals surface area contributed by atoms with Crippen LogP contribution in [0.4, 0.5) is 4.39 Å². The second-order valence-corrected chi connectivity index (χ2v) is 5.04. The maximum Gasteiger partial charge on any atom is 0.123 e. The van der Waals surface area contributed by atoms with Crippen molar-refractivity contribution in [1.29, 1.82) is 0 Å². The van der Waals surface area contributed by atoms with Crippen molar-refractivity contribution in [2.75, 3.05) is 13.2 Å². The highest BCUT2D eigenvalue weighted by atomic mass is 19.1. The molecule has 1 aromatic heterocycles. The van der Waals surface area contributed by atoms with Crippen molar-refractivity contribution in [3.63, 3.8) is 0 Å². The Morgan fingerprint density at radius 2 is 2.20 bits per heavy atom. The molecule has 2 aromatic rings. The second-order valence-electron chi connectivity index (χ2n) is 5.04. The van der Waals surface area contributed by atoms with E-state index in [9.17, 15) is 4.39 Å². The van der Waals surface area contributed by atoms with E-state index in [0.717, 1.165) is 49.4 Å². The average molecular weight is 275 g/mol. The summed E-state index contributed by atoms with van der Waals surface area (Å²) in [6.07, 6.45) is 4.42. The summed E-state index contributed by atoms with van der Waals surface area (Å²) >= 11 is 0. The number of ether oxygens (including phenoxy) is 1. The van der Waals surface area contributed by atoms with Crippen LogP contribution < -0.4 is 5.32 Å². The molecule has 2 heterocycles. The predicted molar refractivity (Wildman–Crippen MR) is 74.7 cm³/mol. The largest absolute Gasteiger partial charge is 0.377 e. The lowest BCUT2D eigenvalue weighted by Gasteiger charge is -2.10. The molecule has 1 aliphatic heterocycles. The van der Waals surface area contributed by atoms with E-state index in [4.69, 9.17) is 4.74 Å². The molecule has 1 aliphatic rings. The quantitative estimate of drug-likeness (QED) is 0.881. The molecule has 5 heteroatoms. The summed E-state index contributed by atoms with van der Waals surface area (Å²) < 4.78 is 18.5. The molecule has 2 N–H and O–H groups in total. The molecule has 0 radical (unpaired) electrons. The Hall–Kier alpha value is -1.72. The Kier molecular flexibility index (Phi) is 4.08. The summed E-state index contributed by atoms with van der Waals surface area (Å²) in [5, 5.41) is 10.4. The molecule has 3 rings (SSSR count). The Labute approximate surface area is 117 Å². The molecule has 20 heavy (non-hydrogen) atoms. The van der Waals surface area contributed by atoms with Gasteiger partial charge in [-0.25, -0.2) is 4.39 Å². The first kappa shape index (κ1) is 13.3. The van der Waals surface area contributed by atoms with Crippen LogP contribution in [0.2, 0.25) is 0 Å². The SMILES string of the molecule is Fc1ccc(-c2[nH]ncc2CNC[C@H]2CCCO2)cc1. The maximum atomic E-state index is 13.0. The van der Waals surface area contributed by atoms with Crippen LogP contribution in [0.25, 0.3) is 11.3 Å². The van der Waals surface area contributed by atoms with Crippen LogP contribution in [0, 0.1) is 5.82 Å². The summed E-state index contributed by atoms with van der Waals surface area (Å²) in [6, 6.07) is 6.43. The maximum absolute atomic E-state index is 13.0. The van der Waals surface area contributed by atoms with Gasteiger partial charge in [-0.1, -0.05) is 0 Å². The van der Waals surface area contributed by atoms with E-state index in [0.29, 0.717) is 6.10 Å². The van der Waals surface area contributed by atoms with Crippen LogP contribution in [0.15, 0.2) is 30.5 Å². The predicted octanol–water partition coefficient (Wildman–Crippen LogP) is 2.48. The van der Waals surface area contributed by atoms with Gasteiger partial charge >= 0.3 is 0 Å². The molecular formula is C15H18FN3O. The molecular weight excluding hydrogens is 257 g/mol. The van der Waals surface area contributed by atoms with Gasteiger partial charge < -0.3 is 10.1 Å². The van der Waals surface area contributed by atoms with Crippen molar-refractivity contribution in [2.45, 2.75) is 25.5 Å². The van der Waals surface area contributed by atoms with Gasteiger partial charge in [0.05, 0.1) is 18.0 Å². The average Bonchev–Trinajstić information content (AvgIpc) is 3.11. The number of benzene rings is 1. The normalized spacial score (nSPS) is 18.6. The summed E-state index contributed by atoms with van der Waals surface area (Å²) in [6.45, 7) is 2.45. The third kappa shape index (κ3) is 3.05. The third-order valence-corrected chi connectivity index (χ3v) is 3.56. The smallest absolute Gasteiger partial charge is 0.123 e. The fourth-order valence-corrected chi connectivity index (χ4v) is 2.48. The van der Waals surface area contributed by atoms with E-state index in [1.807, 2.05) is 0 Å². The first-order valence-corrected chi connectivity index (χ1v) is 6.93. The molecule has 0 saturated carbocycles. The molecule has 1 aromatic carbocycles. The second kappa shape index (κ2) is 6.15. The summed E-state index contributed by atoms with van der Waals surface area (Å²) in [5.74, 6) is -0.230. The van der Waals surface area contributed by atoms with Gasteiger partial charge in [-0.3, -0.25) is 5.10 Å². The van der Waals surface area contributed by atoms with Crippen molar-refractivity contribution < 1.29 is 9.13 Å². The zero-order chi connectivity index (χ0) is 13.8. The standard InChI is InChI=1S/C15H18FN3O/c16-13-5-3-11(4-6-13)15-12(9-18-19-15)8-17-10-14-2-1-7-20-14/h3-6,9,14,17H,1-2,7-8,10H2,(H,18,19)/t14-/m1/s1. The molecule has 1 saturated heterocycles. The van der Waals surface area contributed by atoms with E-state index in [-0.39, 0.29) is 5.82 Å². The summed E-state index contributed by atoms with van der Waals surface area (Å²) in [5.41, 5.74) is 2.96. The van der Waals surface area contributed by atoms with Crippen molar-refractivity contribution >= 4 is 0 Å². The topological polar surface area (TPSA) is 49.9 Å². The summed E-state index contributed by atoms with van der Waals surface area (Å²) in [7, 11) is 0. The van der Waals surface area contributed by atoms with E-state index in [1.54, 1.807) is 18.3 Å². The Balaban J connectivity index is 1.62. The van der Waals surface area contributed by atoms with Gasteiger partial charge in [-0.15, -0.1) is 0 Å². The first-order valence-electron chi connectivity index (χ1n) is 6.93. The first-order chi connectivity index (χ1) is 9.83. The van der Waals surface area contributed by atoms with E-state index in [2.05, 4.69) is 15.5 Å². The number of H-pyrrole nitrogens is 1. The number of nitrogens with one attached hydrogen (secondary N) is 2. The fraction of sp³-hybridized carbons (Fsp3) is 0.400. The van der Waals surface area contributed by atoms with E-state index >= 15 is 0 Å². The van der Waals surface area contributed by atoms with Gasteiger partial charge in [0.1, 0.15) is 5.82 Å². The lowest BCUT2D eigenvalue weighted by Crippen LogP contribution is -2.25. The molecule has 1 fully saturated rings. The minimum Gasteiger partial charge on any atom is -0.377 e. The number of rotatable bonds is 5. The Morgan fingerprint density at radius 3 is 2.95 bits per heavy atom. The van der Waals surface area contributed by atoms with Crippen LogP contribution in [0.5, 0.6) is 0 Å². The van der Waals surface area contributed by atoms with Crippen molar-refractivity contribution in [3.05, 3.63) is 41.8 Å². The molecule has 0 bridgehead atoms. The molecule has 0 unspecified atom stereocenters. The van der Waals surface area contributed by atoms with Crippen LogP contribution in [-0.2, 0) is 11.3 Å². The number of hydrogen-bond donors (Lipinski definition) is 2. The van der Waals surface area contributed by atoms with Gasteiger partial charge in [-0.2, -0.15) is 5.10 Å². The van der Waals surface area contributed by atoms with E-state index < -0.39 is 0 Å². The molecule has 0 spiro atoms. The molecule has 1 atom stereocenters. The van der Waals surface area contributed by atoms with Gasteiger partial charge in [0, 0.05) is 30.8 Å². The number of nitrogens with zero attached hydrogens (tertiary/aromatic N) is 1. The summed E-state index contributed by atoms with van der Waals surface area (Å²) in [4.78, 5) is 0. The van der Waals surface area contributed by atoms with Gasteiger partial charge in [-0.05, 0) is 37.1 Å². The molecule has 106 valence electrons. The minimum absolute atomic E-state index is 0.230. The number of hydrogen-bond acceptors (Lipinski definition) is 3. The van der Waals surface area contributed by atoms with Gasteiger partial charge in [0.15, 0.2) is 0 Å². The fourth-order valence-electron chi connectivity index (χ4n) is 2.48. The van der Waals surface area contributed by atoms with Gasteiger partial charge in [0.2, 0.25) is 0 Å². The number of halogens is 1. The lowest BCUT2D eigenvalue weighted by atomic mass is 10.1. The zero-order valence-corrected chi connectivity index (χ0v) is 11.2. The highest BCUT2D eigenvalue weighted by molar-refractivity contribution is 5.62. The molecule has 0 amide bonds. The number of aromatic amines is 1. The van der Waals surface area contributed by atoms with Crippen molar-refractivity contribution in [3.8, 4) is 11.3 Å². The van der Waals surface area contributed by atoms with Crippen LogP contribution >= 0.6 is 0 Å². The third-order valence-electron chi connectivity index (χ3n) is 3.56. The van der Waals surface area contributed by atoms with E-state index in [1.165, 1.54) is 12.1 Å². The highest BCUT2D eigenvalue weighted by Crippen LogP contribution is 2.21. The number of aromatic nitrogens is 2. The molecule has 0 aliphatic carbocycles. The van der Waals surface area contributed by atoms with Crippen LogP contribution in [0.1, 0.15) is 18.4 Å². The highest BCUT2D eigenvalue weighted by Gasteiger charge is 2.15. The minimum atomic E-state index is -0.230. The van der Waals surface area contributed by atoms with Crippen LogP contribution in [-0.4, -0.2) is 29.5 Å². The van der Waals surface area contributed by atoms with Crippen molar-refractivity contribution in [1.82, 2.24) is 15.5 Å². The molecule has 4 nitrogen and oxygen atoms in total. The van der Waals surface area contributed by atoms with Gasteiger partial charge in [0.25, 0.3) is 0 Å². The Bertz CT molecular complexity index is 547.